The maximum Gasteiger partial charge on any atom is 0.235 e. The quantitative estimate of drug-likeness (QED) is 0.150. The first-order valence-corrected chi connectivity index (χ1v) is 23.8. The zero-order chi connectivity index (χ0) is 47.0. The highest BCUT2D eigenvalue weighted by atomic mass is 15.2. The molecule has 0 aliphatic carbocycles. The van der Waals surface area contributed by atoms with Crippen LogP contribution < -0.4 is 0 Å². The predicted octanol–water partition coefficient (Wildman–Crippen LogP) is 17.0. The van der Waals surface area contributed by atoms with Gasteiger partial charge in [-0.15, -0.1) is 0 Å². The molecular weight excluding hydrogens is 865 g/mol. The van der Waals surface area contributed by atoms with Crippen LogP contribution >= 0.6 is 0 Å². The van der Waals surface area contributed by atoms with Crippen LogP contribution in [0.1, 0.15) is 0 Å². The summed E-state index contributed by atoms with van der Waals surface area (Å²) < 4.78 is 6.96. The molecule has 0 bridgehead atoms. The fraction of sp³-hybridized carbons (Fsp3) is 0. The second-order valence-corrected chi connectivity index (χ2v) is 18.1. The molecule has 0 atom stereocenters. The van der Waals surface area contributed by atoms with Crippen molar-refractivity contribution in [2.45, 2.75) is 0 Å². The Morgan fingerprint density at radius 2 is 0.676 bits per heavy atom. The topological polar surface area (TPSA) is 44.9 Å². The van der Waals surface area contributed by atoms with Crippen LogP contribution in [0.15, 0.2) is 243 Å². The molecule has 330 valence electrons. The van der Waals surface area contributed by atoms with E-state index >= 15 is 0 Å². The standard InChI is InChI=1S/C65H40N6/c1-66-48-21-13-20-47(36-48)58-41-57(42-16-3-2-4-17-42)67-65(68-58)71-63-34-32-45(43-18-14-22-49(37-43)69-59-28-9-5-24-51(59)52-25-6-10-29-60(52)69)39-55(63)56-40-46(33-35-64(56)71)44-19-15-23-50(38-44)70-61-30-11-7-26-53(61)54-27-8-12-31-62(54)70/h2-41H. The van der Waals surface area contributed by atoms with Gasteiger partial charge in [0.25, 0.3) is 0 Å². The minimum Gasteiger partial charge on any atom is -0.309 e. The van der Waals surface area contributed by atoms with Crippen molar-refractivity contribution in [2.75, 3.05) is 0 Å². The molecule has 4 aromatic heterocycles. The van der Waals surface area contributed by atoms with Crippen molar-refractivity contribution in [3.05, 3.63) is 254 Å². The highest BCUT2D eigenvalue weighted by Crippen LogP contribution is 2.40. The fourth-order valence-electron chi connectivity index (χ4n) is 10.8. The highest BCUT2D eigenvalue weighted by Gasteiger charge is 2.20. The van der Waals surface area contributed by atoms with Crippen LogP contribution in [0, 0.1) is 6.57 Å². The molecule has 0 aliphatic rings. The van der Waals surface area contributed by atoms with Gasteiger partial charge in [-0.25, -0.2) is 14.8 Å². The number of rotatable bonds is 7. The van der Waals surface area contributed by atoms with Gasteiger partial charge in [-0.05, 0) is 113 Å². The Bertz CT molecular complexity index is 4170. The Morgan fingerprint density at radius 3 is 1.17 bits per heavy atom. The van der Waals surface area contributed by atoms with Gasteiger partial charge < -0.3 is 9.13 Å². The lowest BCUT2D eigenvalue weighted by atomic mass is 9.99. The van der Waals surface area contributed by atoms with E-state index in [0.717, 1.165) is 77.9 Å². The molecule has 0 saturated heterocycles. The molecule has 0 saturated carbocycles. The van der Waals surface area contributed by atoms with E-state index in [1.54, 1.807) is 0 Å². The minimum absolute atomic E-state index is 0.553. The molecule has 0 unspecified atom stereocenters. The number of nitrogens with zero attached hydrogens (tertiary/aromatic N) is 6. The molecule has 71 heavy (non-hydrogen) atoms. The van der Waals surface area contributed by atoms with Crippen molar-refractivity contribution in [1.29, 1.82) is 0 Å². The molecular formula is C65H40N6. The van der Waals surface area contributed by atoms with Crippen molar-refractivity contribution in [3.63, 3.8) is 0 Å². The van der Waals surface area contributed by atoms with E-state index in [9.17, 15) is 0 Å². The summed E-state index contributed by atoms with van der Waals surface area (Å²) in [7, 11) is 0. The van der Waals surface area contributed by atoms with Gasteiger partial charge in [-0.1, -0.05) is 158 Å². The zero-order valence-corrected chi connectivity index (χ0v) is 38.3. The number of aromatic nitrogens is 5. The summed E-state index contributed by atoms with van der Waals surface area (Å²) in [6.45, 7) is 7.79. The first-order valence-electron chi connectivity index (χ1n) is 23.8. The molecule has 6 heteroatoms. The maximum atomic E-state index is 7.79. The van der Waals surface area contributed by atoms with E-state index in [1.165, 1.54) is 43.6 Å². The molecule has 10 aromatic carbocycles. The van der Waals surface area contributed by atoms with Crippen molar-refractivity contribution in [1.82, 2.24) is 23.7 Å². The van der Waals surface area contributed by atoms with Gasteiger partial charge >= 0.3 is 0 Å². The SMILES string of the molecule is [C-]#[N+]c1cccc(-c2cc(-c3ccccc3)nc(-n3c4ccc(-c5cccc(-n6c7ccccc7c7ccccc76)c5)cc4c4cc(-c5cccc(-n6c7ccccc7c7ccccc76)c5)ccc43)n2)c1. The van der Waals surface area contributed by atoms with E-state index < -0.39 is 0 Å². The third kappa shape index (κ3) is 6.56. The van der Waals surface area contributed by atoms with Crippen molar-refractivity contribution in [3.8, 4) is 62.1 Å². The first kappa shape index (κ1) is 40.3. The Morgan fingerprint density at radius 1 is 0.282 bits per heavy atom. The third-order valence-electron chi connectivity index (χ3n) is 14.1. The average Bonchev–Trinajstić information content (AvgIpc) is 4.09. The Labute approximate surface area is 409 Å². The monoisotopic (exact) mass is 904 g/mol. The zero-order valence-electron chi connectivity index (χ0n) is 38.3. The van der Waals surface area contributed by atoms with Gasteiger partial charge in [0.15, 0.2) is 5.69 Å². The molecule has 4 heterocycles. The second-order valence-electron chi connectivity index (χ2n) is 18.1. The molecule has 0 fully saturated rings. The summed E-state index contributed by atoms with van der Waals surface area (Å²) in [4.78, 5) is 14.4. The first-order chi connectivity index (χ1) is 35.1. The third-order valence-corrected chi connectivity index (χ3v) is 14.1. The highest BCUT2D eigenvalue weighted by molar-refractivity contribution is 6.13. The lowest BCUT2D eigenvalue weighted by molar-refractivity contribution is 0.996. The Kier molecular flexibility index (Phi) is 9.16. The van der Waals surface area contributed by atoms with E-state index in [1.807, 2.05) is 48.5 Å². The lowest BCUT2D eigenvalue weighted by Gasteiger charge is -2.13. The minimum atomic E-state index is 0.553. The summed E-state index contributed by atoms with van der Waals surface area (Å²) in [6, 6.07) is 85.9. The van der Waals surface area contributed by atoms with Crippen LogP contribution in [-0.4, -0.2) is 23.7 Å². The molecule has 0 spiro atoms. The van der Waals surface area contributed by atoms with Gasteiger partial charge in [0.1, 0.15) is 0 Å². The summed E-state index contributed by atoms with van der Waals surface area (Å²) in [6.07, 6.45) is 0. The summed E-state index contributed by atoms with van der Waals surface area (Å²) in [5.41, 5.74) is 17.3. The van der Waals surface area contributed by atoms with Gasteiger partial charge in [-0.2, -0.15) is 0 Å². The number of hydrogen-bond acceptors (Lipinski definition) is 2. The number of para-hydroxylation sites is 4. The lowest BCUT2D eigenvalue weighted by Crippen LogP contribution is -2.04. The molecule has 0 radical (unpaired) electrons. The molecule has 14 rings (SSSR count). The number of benzene rings is 10. The largest absolute Gasteiger partial charge is 0.309 e. The molecule has 14 aromatic rings. The van der Waals surface area contributed by atoms with E-state index in [-0.39, 0.29) is 0 Å². The summed E-state index contributed by atoms with van der Waals surface area (Å²) >= 11 is 0. The fourth-order valence-corrected chi connectivity index (χ4v) is 10.8. The van der Waals surface area contributed by atoms with Gasteiger partial charge in [-0.3, -0.25) is 4.57 Å². The van der Waals surface area contributed by atoms with E-state index in [4.69, 9.17) is 16.5 Å². The normalized spacial score (nSPS) is 11.6. The maximum absolute atomic E-state index is 7.79. The van der Waals surface area contributed by atoms with Gasteiger partial charge in [0.05, 0.1) is 51.1 Å². The summed E-state index contributed by atoms with van der Waals surface area (Å²) in [5.74, 6) is 0.553. The van der Waals surface area contributed by atoms with Crippen molar-refractivity contribution >= 4 is 71.1 Å². The Hall–Kier alpha value is -9.83. The second kappa shape index (κ2) is 16.2. The predicted molar refractivity (Wildman–Crippen MR) is 293 cm³/mol. The van der Waals surface area contributed by atoms with Crippen LogP contribution in [0.25, 0.3) is 132 Å². The molecule has 0 amide bonds. The van der Waals surface area contributed by atoms with Crippen LogP contribution in [0.5, 0.6) is 0 Å². The van der Waals surface area contributed by atoms with Crippen LogP contribution in [-0.2, 0) is 0 Å². The number of hydrogen-bond donors (Lipinski definition) is 0. The van der Waals surface area contributed by atoms with E-state index in [0.29, 0.717) is 11.6 Å². The van der Waals surface area contributed by atoms with Crippen LogP contribution in [0.2, 0.25) is 0 Å². The molecule has 0 aliphatic heterocycles. The van der Waals surface area contributed by atoms with E-state index in [2.05, 4.69) is 213 Å². The van der Waals surface area contributed by atoms with Gasteiger partial charge in [0.2, 0.25) is 5.95 Å². The smallest absolute Gasteiger partial charge is 0.235 e. The number of fused-ring (bicyclic) bond motifs is 9. The molecule has 6 nitrogen and oxygen atoms in total. The van der Waals surface area contributed by atoms with Crippen molar-refractivity contribution < 1.29 is 0 Å². The van der Waals surface area contributed by atoms with Gasteiger partial charge in [0, 0.05) is 49.3 Å². The van der Waals surface area contributed by atoms with Crippen LogP contribution in [0.4, 0.5) is 5.69 Å². The summed E-state index contributed by atoms with van der Waals surface area (Å²) in [5, 5.41) is 7.12. The van der Waals surface area contributed by atoms with Crippen LogP contribution in [0.3, 0.4) is 0 Å². The Balaban J connectivity index is 0.985. The van der Waals surface area contributed by atoms with Crippen molar-refractivity contribution in [2.24, 2.45) is 0 Å². The average molecular weight is 905 g/mol. The molecule has 0 N–H and O–H groups in total.